The highest BCUT2D eigenvalue weighted by Gasteiger charge is 2.16. The van der Waals surface area contributed by atoms with E-state index in [4.69, 9.17) is 14.2 Å². The van der Waals surface area contributed by atoms with Crippen LogP contribution in [0.2, 0.25) is 0 Å². The number of hydrogen-bond acceptors (Lipinski definition) is 9. The lowest BCUT2D eigenvalue weighted by Crippen LogP contribution is -2.07. The van der Waals surface area contributed by atoms with Crippen LogP contribution in [0.25, 0.3) is 0 Å². The second kappa shape index (κ2) is 14.5. The van der Waals surface area contributed by atoms with Gasteiger partial charge < -0.3 is 44.8 Å². The summed E-state index contributed by atoms with van der Waals surface area (Å²) in [7, 11) is 0. The van der Waals surface area contributed by atoms with Crippen molar-refractivity contribution in [2.24, 2.45) is 0 Å². The van der Waals surface area contributed by atoms with E-state index in [2.05, 4.69) is 0 Å². The van der Waals surface area contributed by atoms with Gasteiger partial charge in [0.25, 0.3) is 0 Å². The maximum Gasteiger partial charge on any atom is 0.335 e. The first-order chi connectivity index (χ1) is 22.7. The Hall–Kier alpha value is -6.90. The summed E-state index contributed by atoms with van der Waals surface area (Å²) in [5, 5.41) is 56.2. The summed E-state index contributed by atoms with van der Waals surface area (Å²) in [6.45, 7) is -0.930. The van der Waals surface area contributed by atoms with Gasteiger partial charge in [0.2, 0.25) is 0 Å². The average molecular weight is 661 g/mol. The van der Waals surface area contributed by atoms with Crippen molar-refractivity contribution >= 4 is 35.8 Å². The van der Waals surface area contributed by atoms with E-state index in [1.807, 2.05) is 0 Å². The van der Waals surface area contributed by atoms with Gasteiger partial charge in [0, 0.05) is 18.2 Å². The first-order valence-electron chi connectivity index (χ1n) is 13.5. The zero-order chi connectivity index (χ0) is 35.1. The van der Waals surface area contributed by atoms with E-state index in [0.717, 1.165) is 18.2 Å². The quantitative estimate of drug-likeness (QED) is 0.102. The maximum atomic E-state index is 11.5. The number of ether oxygens (including phenoxy) is 3. The molecule has 246 valence electrons. The zero-order valence-electron chi connectivity index (χ0n) is 24.4. The van der Waals surface area contributed by atoms with Crippen LogP contribution in [0.1, 0.15) is 78.8 Å². The predicted molar refractivity (Wildman–Crippen MR) is 161 cm³/mol. The topological polar surface area (TPSA) is 251 Å². The van der Waals surface area contributed by atoms with Gasteiger partial charge in [-0.3, -0.25) is 0 Å². The van der Waals surface area contributed by atoms with E-state index in [0.29, 0.717) is 0 Å². The molecule has 0 aliphatic carbocycles. The monoisotopic (exact) mass is 660 g/mol. The Kier molecular flexibility index (Phi) is 10.2. The van der Waals surface area contributed by atoms with Gasteiger partial charge in [-0.1, -0.05) is 0 Å². The molecule has 0 unspecified atom stereocenters. The molecule has 0 bridgehead atoms. The van der Waals surface area contributed by atoms with Crippen molar-refractivity contribution < 1.29 is 73.6 Å². The van der Waals surface area contributed by atoms with Crippen LogP contribution in [0.15, 0.2) is 72.8 Å². The van der Waals surface area contributed by atoms with Crippen LogP contribution in [0.4, 0.5) is 0 Å². The number of benzene rings is 4. The molecule has 6 N–H and O–H groups in total. The summed E-state index contributed by atoms with van der Waals surface area (Å²) in [6.07, 6.45) is 0. The van der Waals surface area contributed by atoms with Crippen LogP contribution in [-0.4, -0.2) is 66.5 Å². The van der Waals surface area contributed by atoms with Crippen LogP contribution in [0, 0.1) is 0 Å². The highest BCUT2D eigenvalue weighted by Crippen LogP contribution is 2.30. The summed E-state index contributed by atoms with van der Waals surface area (Å²) in [4.78, 5) is 69.0. The molecule has 0 amide bonds. The normalized spacial score (nSPS) is 10.5. The predicted octanol–water partition coefficient (Wildman–Crippen LogP) is 4.61. The first kappa shape index (κ1) is 34.0. The van der Waals surface area contributed by atoms with E-state index in [1.165, 1.54) is 54.6 Å². The Bertz CT molecular complexity index is 1630. The van der Waals surface area contributed by atoms with Crippen molar-refractivity contribution in [2.45, 2.75) is 19.8 Å². The van der Waals surface area contributed by atoms with Crippen LogP contribution in [-0.2, 0) is 19.8 Å². The van der Waals surface area contributed by atoms with Gasteiger partial charge in [0.05, 0.1) is 33.4 Å². The minimum atomic E-state index is -1.36. The molecule has 15 heteroatoms. The van der Waals surface area contributed by atoms with Crippen LogP contribution in [0.5, 0.6) is 17.2 Å². The molecule has 0 saturated heterocycles. The lowest BCUT2D eigenvalue weighted by molar-refractivity contribution is 0.0676. The van der Waals surface area contributed by atoms with Gasteiger partial charge in [0.15, 0.2) is 0 Å². The molecular formula is C33H24O15. The van der Waals surface area contributed by atoms with Gasteiger partial charge >= 0.3 is 35.8 Å². The summed E-state index contributed by atoms with van der Waals surface area (Å²) in [6, 6.07) is 14.4. The highest BCUT2D eigenvalue weighted by molar-refractivity contribution is 5.95. The molecule has 4 rings (SSSR count). The van der Waals surface area contributed by atoms with Gasteiger partial charge in [-0.05, 0) is 71.3 Å². The van der Waals surface area contributed by atoms with Crippen molar-refractivity contribution in [3.05, 3.63) is 123 Å². The van der Waals surface area contributed by atoms with E-state index in [-0.39, 0.29) is 87.1 Å². The molecule has 4 aromatic carbocycles. The van der Waals surface area contributed by atoms with Crippen LogP contribution >= 0.6 is 0 Å². The second-order valence-corrected chi connectivity index (χ2v) is 10.1. The molecule has 0 aromatic heterocycles. The molecule has 0 saturated carbocycles. The molecule has 48 heavy (non-hydrogen) atoms. The van der Waals surface area contributed by atoms with Crippen LogP contribution < -0.4 is 14.2 Å². The van der Waals surface area contributed by atoms with E-state index >= 15 is 0 Å². The lowest BCUT2D eigenvalue weighted by Gasteiger charge is -2.15. The molecule has 0 atom stereocenters. The molecule has 0 radical (unpaired) electrons. The fourth-order valence-corrected chi connectivity index (χ4v) is 4.36. The molecule has 0 fully saturated rings. The summed E-state index contributed by atoms with van der Waals surface area (Å²) in [5.41, 5.74) is -1.15. The van der Waals surface area contributed by atoms with Gasteiger partial charge in [-0.2, -0.15) is 0 Å². The molecule has 0 aliphatic rings. The number of carboxylic acids is 6. The van der Waals surface area contributed by atoms with Crippen molar-refractivity contribution in [1.29, 1.82) is 0 Å². The van der Waals surface area contributed by atoms with Crippen LogP contribution in [0.3, 0.4) is 0 Å². The summed E-state index contributed by atoms with van der Waals surface area (Å²) in [5.74, 6) is -7.96. The SMILES string of the molecule is O=C(O)c1cc(COc2cc(OCc3cc(C(=O)O)cc(C(=O)O)c3)cc(OCc3cc(C(=O)O)cc(C(=O)O)c3)c2)cc(C(=O)O)c1. The number of aromatic carboxylic acids is 6. The lowest BCUT2D eigenvalue weighted by atomic mass is 10.1. The van der Waals surface area contributed by atoms with E-state index in [1.54, 1.807) is 0 Å². The maximum absolute atomic E-state index is 11.5. The molecule has 15 nitrogen and oxygen atoms in total. The van der Waals surface area contributed by atoms with Gasteiger partial charge in [-0.15, -0.1) is 0 Å². The summed E-state index contributed by atoms with van der Waals surface area (Å²) >= 11 is 0. The average Bonchev–Trinajstić information content (AvgIpc) is 3.04. The molecular weight excluding hydrogens is 636 g/mol. The standard InChI is InChI=1S/C33H24O15/c34-28(35)19-1-16(2-20(7-19)29(36)37)13-46-25-10-26(47-14-17-3-21(30(38)39)8-22(4-17)31(40)41)12-27(11-25)48-15-18-5-23(32(42)43)9-24(6-18)33(44)45/h1-12H,13-15H2,(H,34,35)(H,36,37)(H,38,39)(H,40,41)(H,42,43)(H,44,45). The van der Waals surface area contributed by atoms with E-state index in [9.17, 15) is 59.4 Å². The second-order valence-electron chi connectivity index (χ2n) is 10.1. The number of hydrogen-bond donors (Lipinski definition) is 6. The Morgan fingerprint density at radius 1 is 0.333 bits per heavy atom. The van der Waals surface area contributed by atoms with Gasteiger partial charge in [0.1, 0.15) is 37.1 Å². The largest absolute Gasteiger partial charge is 0.489 e. The number of rotatable bonds is 15. The Morgan fingerprint density at radius 2 is 0.521 bits per heavy atom. The Labute approximate surface area is 269 Å². The molecule has 4 aromatic rings. The fraction of sp³-hybridized carbons (Fsp3) is 0.0909. The molecule has 0 spiro atoms. The third-order valence-electron chi connectivity index (χ3n) is 6.53. The van der Waals surface area contributed by atoms with Crippen molar-refractivity contribution in [1.82, 2.24) is 0 Å². The van der Waals surface area contributed by atoms with Crippen molar-refractivity contribution in [3.63, 3.8) is 0 Å². The third kappa shape index (κ3) is 8.85. The smallest absolute Gasteiger partial charge is 0.335 e. The summed E-state index contributed by atoms with van der Waals surface area (Å²) < 4.78 is 17.4. The first-order valence-corrected chi connectivity index (χ1v) is 13.5. The minimum absolute atomic E-state index is 0.0659. The zero-order valence-corrected chi connectivity index (χ0v) is 24.4. The number of carboxylic acid groups (broad SMARTS) is 6. The Morgan fingerprint density at radius 3 is 0.688 bits per heavy atom. The number of carbonyl (C=O) groups is 6. The van der Waals surface area contributed by atoms with Crippen molar-refractivity contribution in [3.8, 4) is 17.2 Å². The highest BCUT2D eigenvalue weighted by atomic mass is 16.5. The minimum Gasteiger partial charge on any atom is -0.489 e. The fourth-order valence-electron chi connectivity index (χ4n) is 4.36. The molecule has 0 aliphatic heterocycles. The van der Waals surface area contributed by atoms with Gasteiger partial charge in [-0.25, -0.2) is 28.8 Å². The Balaban J connectivity index is 1.65. The molecule has 0 heterocycles. The third-order valence-corrected chi connectivity index (χ3v) is 6.53. The van der Waals surface area contributed by atoms with E-state index < -0.39 is 35.8 Å². The van der Waals surface area contributed by atoms with Crippen molar-refractivity contribution in [2.75, 3.05) is 0 Å².